The SMILES string of the molecule is COCCCN(C(=O)Nc1ccccc1)c1c(N)n(Cc2ccccc2)c(=O)[nH]c1=O. The van der Waals surface area contributed by atoms with Crippen LogP contribution in [0.4, 0.5) is 22.0 Å². The van der Waals surface area contributed by atoms with Crippen LogP contribution in [0.2, 0.25) is 0 Å². The summed E-state index contributed by atoms with van der Waals surface area (Å²) in [6, 6.07) is 17.5. The summed E-state index contributed by atoms with van der Waals surface area (Å²) in [4.78, 5) is 41.7. The Morgan fingerprint density at radius 1 is 1.10 bits per heavy atom. The van der Waals surface area contributed by atoms with E-state index < -0.39 is 17.3 Å². The summed E-state index contributed by atoms with van der Waals surface area (Å²) in [5, 5.41) is 2.76. The number of urea groups is 1. The molecule has 31 heavy (non-hydrogen) atoms. The second-order valence-electron chi connectivity index (χ2n) is 6.86. The van der Waals surface area contributed by atoms with Crippen molar-refractivity contribution >= 4 is 23.2 Å². The third kappa shape index (κ3) is 5.40. The van der Waals surface area contributed by atoms with Gasteiger partial charge in [-0.2, -0.15) is 0 Å². The van der Waals surface area contributed by atoms with Gasteiger partial charge in [0, 0.05) is 25.9 Å². The summed E-state index contributed by atoms with van der Waals surface area (Å²) in [5.41, 5.74) is 6.20. The number of anilines is 3. The van der Waals surface area contributed by atoms with Gasteiger partial charge < -0.3 is 15.8 Å². The van der Waals surface area contributed by atoms with Gasteiger partial charge in [0.2, 0.25) is 0 Å². The number of nitrogens with zero attached hydrogens (tertiary/aromatic N) is 2. The molecule has 0 fully saturated rings. The number of para-hydroxylation sites is 1. The quantitative estimate of drug-likeness (QED) is 0.480. The molecule has 4 N–H and O–H groups in total. The third-order valence-electron chi connectivity index (χ3n) is 4.67. The van der Waals surface area contributed by atoms with Gasteiger partial charge in [-0.3, -0.25) is 19.2 Å². The first-order chi connectivity index (χ1) is 15.0. The normalized spacial score (nSPS) is 10.6. The minimum absolute atomic E-state index is 0.0833. The molecule has 3 rings (SSSR count). The number of nitrogens with two attached hydrogens (primary N) is 1. The average molecular weight is 423 g/mol. The fourth-order valence-corrected chi connectivity index (χ4v) is 3.16. The number of carbonyl (C=O) groups is 1. The topological polar surface area (TPSA) is 122 Å². The molecule has 1 heterocycles. The third-order valence-corrected chi connectivity index (χ3v) is 4.67. The lowest BCUT2D eigenvalue weighted by Gasteiger charge is -2.25. The van der Waals surface area contributed by atoms with E-state index in [1.807, 2.05) is 36.4 Å². The molecule has 0 aliphatic rings. The molecule has 0 saturated heterocycles. The number of hydrogen-bond donors (Lipinski definition) is 3. The summed E-state index contributed by atoms with van der Waals surface area (Å²) >= 11 is 0. The molecule has 0 spiro atoms. The highest BCUT2D eigenvalue weighted by Gasteiger charge is 2.24. The molecule has 0 radical (unpaired) electrons. The van der Waals surface area contributed by atoms with Crippen LogP contribution in [0.25, 0.3) is 0 Å². The number of hydrogen-bond acceptors (Lipinski definition) is 5. The van der Waals surface area contributed by atoms with E-state index in [0.29, 0.717) is 18.7 Å². The van der Waals surface area contributed by atoms with Crippen molar-refractivity contribution in [3.8, 4) is 0 Å². The predicted molar refractivity (Wildman–Crippen MR) is 121 cm³/mol. The second kappa shape index (κ2) is 10.3. The minimum atomic E-state index is -0.729. The number of amides is 2. The molecule has 0 bridgehead atoms. The van der Waals surface area contributed by atoms with Gasteiger partial charge in [-0.15, -0.1) is 0 Å². The summed E-state index contributed by atoms with van der Waals surface area (Å²) in [6.45, 7) is 0.710. The van der Waals surface area contributed by atoms with E-state index in [1.165, 1.54) is 9.47 Å². The zero-order valence-electron chi connectivity index (χ0n) is 17.2. The van der Waals surface area contributed by atoms with E-state index in [-0.39, 0.29) is 24.6 Å². The van der Waals surface area contributed by atoms with Crippen LogP contribution >= 0.6 is 0 Å². The minimum Gasteiger partial charge on any atom is -0.385 e. The van der Waals surface area contributed by atoms with Gasteiger partial charge in [0.1, 0.15) is 5.82 Å². The van der Waals surface area contributed by atoms with Crippen molar-refractivity contribution in [2.24, 2.45) is 0 Å². The van der Waals surface area contributed by atoms with Crippen LogP contribution < -0.4 is 27.2 Å². The highest BCUT2D eigenvalue weighted by atomic mass is 16.5. The van der Waals surface area contributed by atoms with Crippen molar-refractivity contribution < 1.29 is 9.53 Å². The molecule has 0 aliphatic heterocycles. The Morgan fingerprint density at radius 3 is 2.39 bits per heavy atom. The Kier molecular flexibility index (Phi) is 7.23. The van der Waals surface area contributed by atoms with E-state index in [9.17, 15) is 14.4 Å². The summed E-state index contributed by atoms with van der Waals surface area (Å²) in [6.07, 6.45) is 0.468. The molecule has 9 nitrogen and oxygen atoms in total. The summed E-state index contributed by atoms with van der Waals surface area (Å²) in [7, 11) is 1.55. The van der Waals surface area contributed by atoms with Crippen molar-refractivity contribution in [3.05, 3.63) is 87.1 Å². The van der Waals surface area contributed by atoms with Crippen LogP contribution in [0.15, 0.2) is 70.3 Å². The van der Waals surface area contributed by atoms with E-state index in [2.05, 4.69) is 10.3 Å². The van der Waals surface area contributed by atoms with Crippen molar-refractivity contribution in [2.75, 3.05) is 36.2 Å². The molecule has 0 unspecified atom stereocenters. The largest absolute Gasteiger partial charge is 0.385 e. The van der Waals surface area contributed by atoms with Crippen molar-refractivity contribution in [1.29, 1.82) is 0 Å². The van der Waals surface area contributed by atoms with Crippen molar-refractivity contribution in [2.45, 2.75) is 13.0 Å². The lowest BCUT2D eigenvalue weighted by molar-refractivity contribution is 0.196. The smallest absolute Gasteiger partial charge is 0.330 e. The van der Waals surface area contributed by atoms with Gasteiger partial charge in [0.15, 0.2) is 5.69 Å². The van der Waals surface area contributed by atoms with Gasteiger partial charge in [-0.05, 0) is 24.1 Å². The maximum absolute atomic E-state index is 13.0. The maximum Gasteiger partial charge on any atom is 0.330 e. The molecule has 3 aromatic rings. The molecule has 0 saturated carbocycles. The Balaban J connectivity index is 2.00. The predicted octanol–water partition coefficient (Wildman–Crippen LogP) is 2.24. The van der Waals surface area contributed by atoms with E-state index >= 15 is 0 Å². The van der Waals surface area contributed by atoms with E-state index in [1.54, 1.807) is 31.4 Å². The van der Waals surface area contributed by atoms with Crippen molar-refractivity contribution in [1.82, 2.24) is 9.55 Å². The Hall–Kier alpha value is -3.85. The number of nitrogens with one attached hydrogen (secondary N) is 2. The molecule has 2 aromatic carbocycles. The lowest BCUT2D eigenvalue weighted by atomic mass is 10.2. The number of H-pyrrole nitrogens is 1. The molecule has 2 amide bonds. The number of benzene rings is 2. The highest BCUT2D eigenvalue weighted by Crippen LogP contribution is 2.20. The monoisotopic (exact) mass is 423 g/mol. The van der Waals surface area contributed by atoms with Gasteiger partial charge in [0.05, 0.1) is 6.54 Å². The fourth-order valence-electron chi connectivity index (χ4n) is 3.16. The zero-order chi connectivity index (χ0) is 22.2. The molecular formula is C22H25N5O4. The van der Waals surface area contributed by atoms with Crippen LogP contribution in [-0.4, -0.2) is 35.8 Å². The molecule has 0 atom stereocenters. The first-order valence-corrected chi connectivity index (χ1v) is 9.80. The van der Waals surface area contributed by atoms with Crippen LogP contribution in [0.3, 0.4) is 0 Å². The van der Waals surface area contributed by atoms with Crippen molar-refractivity contribution in [3.63, 3.8) is 0 Å². The van der Waals surface area contributed by atoms with Gasteiger partial charge in [-0.25, -0.2) is 9.59 Å². The highest BCUT2D eigenvalue weighted by molar-refractivity contribution is 6.03. The number of nitrogen functional groups attached to an aromatic ring is 1. The molecular weight excluding hydrogens is 398 g/mol. The van der Waals surface area contributed by atoms with E-state index in [4.69, 9.17) is 10.5 Å². The van der Waals surface area contributed by atoms with Gasteiger partial charge >= 0.3 is 11.7 Å². The molecule has 1 aromatic heterocycles. The maximum atomic E-state index is 13.0. The number of ether oxygens (including phenoxy) is 1. The average Bonchev–Trinajstić information content (AvgIpc) is 2.77. The van der Waals surface area contributed by atoms with E-state index in [0.717, 1.165) is 5.56 Å². The number of methoxy groups -OCH3 is 1. The Morgan fingerprint density at radius 2 is 1.74 bits per heavy atom. The summed E-state index contributed by atoms with van der Waals surface area (Å²) < 4.78 is 6.32. The number of aromatic amines is 1. The van der Waals surface area contributed by atoms with Crippen LogP contribution in [-0.2, 0) is 11.3 Å². The molecule has 162 valence electrons. The number of aromatic nitrogens is 2. The number of rotatable bonds is 8. The van der Waals surface area contributed by atoms with Gasteiger partial charge in [0.25, 0.3) is 5.56 Å². The molecule has 9 heteroatoms. The van der Waals surface area contributed by atoms with Crippen LogP contribution in [0, 0.1) is 0 Å². The zero-order valence-corrected chi connectivity index (χ0v) is 17.2. The lowest BCUT2D eigenvalue weighted by Crippen LogP contribution is -2.43. The Bertz CT molecular complexity index is 1130. The fraction of sp³-hybridized carbons (Fsp3) is 0.227. The molecule has 0 aliphatic carbocycles. The van der Waals surface area contributed by atoms with Crippen LogP contribution in [0.1, 0.15) is 12.0 Å². The summed E-state index contributed by atoms with van der Waals surface area (Å²) in [5.74, 6) is -0.0850. The Labute approximate surface area is 179 Å². The standard InChI is InChI=1S/C22H25N5O4/c1-31-14-8-13-26(21(29)24-17-11-6-3-7-12-17)18-19(23)27(22(30)25-20(18)28)15-16-9-4-2-5-10-16/h2-7,9-12H,8,13-15,23H2,1H3,(H,24,29)(H,25,28,30). The number of carbonyl (C=O) groups excluding carboxylic acids is 1. The van der Waals surface area contributed by atoms with Crippen LogP contribution in [0.5, 0.6) is 0 Å². The second-order valence-corrected chi connectivity index (χ2v) is 6.86. The first-order valence-electron chi connectivity index (χ1n) is 9.80. The van der Waals surface area contributed by atoms with Gasteiger partial charge in [-0.1, -0.05) is 48.5 Å². The first kappa shape index (κ1) is 21.8.